The van der Waals surface area contributed by atoms with Crippen LogP contribution >= 0.6 is 0 Å². The molecule has 0 saturated carbocycles. The molecule has 1 aliphatic rings. The van der Waals surface area contributed by atoms with E-state index in [1.165, 1.54) is 13.2 Å². The van der Waals surface area contributed by atoms with Gasteiger partial charge in [-0.1, -0.05) is 17.3 Å². The van der Waals surface area contributed by atoms with Crippen molar-refractivity contribution in [1.82, 2.24) is 20.0 Å². The zero-order chi connectivity index (χ0) is 21.4. The zero-order valence-electron chi connectivity index (χ0n) is 16.9. The van der Waals surface area contributed by atoms with Gasteiger partial charge in [-0.15, -0.1) is 5.10 Å². The van der Waals surface area contributed by atoms with Crippen LogP contribution in [0.2, 0.25) is 0 Å². The molecule has 0 amide bonds. The Morgan fingerprint density at radius 2 is 2.00 bits per heavy atom. The second-order valence-corrected chi connectivity index (χ2v) is 7.28. The molecule has 0 aliphatic carbocycles. The number of methoxy groups -OCH3 is 1. The van der Waals surface area contributed by atoms with Crippen molar-refractivity contribution in [2.75, 3.05) is 38.3 Å². The molecule has 0 atom stereocenters. The van der Waals surface area contributed by atoms with Gasteiger partial charge in [0.1, 0.15) is 23.0 Å². The third-order valence-electron chi connectivity index (χ3n) is 5.35. The minimum Gasteiger partial charge on any atom is -0.508 e. The fourth-order valence-corrected chi connectivity index (χ4v) is 3.78. The standard InChI is InChI=1S/C22H21N5O4/c1-30-16-10-14(9-15(28)11-16)27-13-19(24-25-27)17-3-2-4-18-20(29)12-21(23-22(17)18)26-5-7-31-8-6-26/h2-4,9-13,28H,5-8H2,1H3,(H,23,29). The zero-order valence-corrected chi connectivity index (χ0v) is 16.9. The number of hydrogen-bond donors (Lipinski definition) is 2. The number of rotatable bonds is 4. The maximum Gasteiger partial charge on any atom is 0.191 e. The van der Waals surface area contributed by atoms with Crippen LogP contribution in [0.25, 0.3) is 27.8 Å². The van der Waals surface area contributed by atoms with Crippen LogP contribution in [0.1, 0.15) is 0 Å². The number of benzene rings is 2. The maximum atomic E-state index is 12.8. The first kappa shape index (κ1) is 19.1. The molecule has 2 aromatic carbocycles. The fourth-order valence-electron chi connectivity index (χ4n) is 3.78. The van der Waals surface area contributed by atoms with Gasteiger partial charge >= 0.3 is 0 Å². The van der Waals surface area contributed by atoms with Gasteiger partial charge in [0.25, 0.3) is 0 Å². The summed E-state index contributed by atoms with van der Waals surface area (Å²) in [5.41, 5.74) is 2.63. The maximum absolute atomic E-state index is 12.8. The molecule has 3 heterocycles. The van der Waals surface area contributed by atoms with Gasteiger partial charge in [-0.25, -0.2) is 4.68 Å². The Morgan fingerprint density at radius 3 is 2.81 bits per heavy atom. The third-order valence-corrected chi connectivity index (χ3v) is 5.35. The van der Waals surface area contributed by atoms with Crippen LogP contribution in [0.4, 0.5) is 5.82 Å². The molecule has 9 nitrogen and oxygen atoms in total. The van der Waals surface area contributed by atoms with Gasteiger partial charge < -0.3 is 24.5 Å². The Balaban J connectivity index is 1.60. The topological polar surface area (TPSA) is 106 Å². The number of phenolic OH excluding ortho intramolecular Hbond substituents is 1. The van der Waals surface area contributed by atoms with E-state index in [4.69, 9.17) is 9.47 Å². The van der Waals surface area contributed by atoms with Crippen molar-refractivity contribution in [2.45, 2.75) is 0 Å². The van der Waals surface area contributed by atoms with Crippen molar-refractivity contribution in [2.24, 2.45) is 0 Å². The van der Waals surface area contributed by atoms with Gasteiger partial charge in [0, 0.05) is 48.3 Å². The monoisotopic (exact) mass is 419 g/mol. The fraction of sp³-hybridized carbons (Fsp3) is 0.227. The molecule has 2 aromatic heterocycles. The van der Waals surface area contributed by atoms with Gasteiger partial charge in [-0.05, 0) is 6.07 Å². The third kappa shape index (κ3) is 3.59. The molecule has 0 bridgehead atoms. The summed E-state index contributed by atoms with van der Waals surface area (Å²) in [5.74, 6) is 1.34. The lowest BCUT2D eigenvalue weighted by Gasteiger charge is -2.28. The predicted molar refractivity (Wildman–Crippen MR) is 116 cm³/mol. The van der Waals surface area contributed by atoms with Gasteiger partial charge in [-0.2, -0.15) is 0 Å². The molecule has 31 heavy (non-hydrogen) atoms. The molecule has 9 heteroatoms. The summed E-state index contributed by atoms with van der Waals surface area (Å²) in [6.45, 7) is 2.70. The van der Waals surface area contributed by atoms with Crippen LogP contribution in [0.15, 0.2) is 53.5 Å². The molecule has 5 rings (SSSR count). The van der Waals surface area contributed by atoms with Crippen LogP contribution < -0.4 is 15.1 Å². The number of nitrogens with zero attached hydrogens (tertiary/aromatic N) is 4. The second-order valence-electron chi connectivity index (χ2n) is 7.28. The number of aromatic amines is 1. The first-order chi connectivity index (χ1) is 15.1. The molecule has 1 fully saturated rings. The lowest BCUT2D eigenvalue weighted by atomic mass is 10.1. The Hall–Kier alpha value is -3.85. The van der Waals surface area contributed by atoms with Crippen LogP contribution in [-0.4, -0.2) is 58.5 Å². The summed E-state index contributed by atoms with van der Waals surface area (Å²) < 4.78 is 12.2. The van der Waals surface area contributed by atoms with Crippen molar-refractivity contribution in [3.05, 3.63) is 58.9 Å². The van der Waals surface area contributed by atoms with Crippen LogP contribution in [-0.2, 0) is 4.74 Å². The Kier molecular flexibility index (Phi) is 4.79. The van der Waals surface area contributed by atoms with Crippen molar-refractivity contribution in [1.29, 1.82) is 0 Å². The molecule has 158 valence electrons. The van der Waals surface area contributed by atoms with E-state index in [0.29, 0.717) is 41.2 Å². The predicted octanol–water partition coefficient (Wildman–Crippen LogP) is 2.33. The number of pyridine rings is 1. The largest absolute Gasteiger partial charge is 0.508 e. The first-order valence-corrected chi connectivity index (χ1v) is 9.92. The molecule has 0 unspecified atom stereocenters. The number of aromatic hydroxyl groups is 1. The number of aromatic nitrogens is 4. The number of anilines is 1. The molecule has 1 saturated heterocycles. The van der Waals surface area contributed by atoms with Crippen LogP contribution in [0.3, 0.4) is 0 Å². The number of fused-ring (bicyclic) bond motifs is 1. The van der Waals surface area contributed by atoms with Crippen LogP contribution in [0.5, 0.6) is 11.5 Å². The Morgan fingerprint density at radius 1 is 1.16 bits per heavy atom. The lowest BCUT2D eigenvalue weighted by Crippen LogP contribution is -2.37. The minimum absolute atomic E-state index is 0.0535. The van der Waals surface area contributed by atoms with E-state index in [2.05, 4.69) is 20.2 Å². The Labute approximate surface area is 177 Å². The van der Waals surface area contributed by atoms with E-state index in [1.54, 1.807) is 35.1 Å². The number of hydrogen-bond acceptors (Lipinski definition) is 7. The lowest BCUT2D eigenvalue weighted by molar-refractivity contribution is 0.122. The highest BCUT2D eigenvalue weighted by atomic mass is 16.5. The summed E-state index contributed by atoms with van der Waals surface area (Å²) in [7, 11) is 1.53. The average molecular weight is 419 g/mol. The first-order valence-electron chi connectivity index (χ1n) is 9.92. The summed E-state index contributed by atoms with van der Waals surface area (Å²) in [4.78, 5) is 18.3. The SMILES string of the molecule is COc1cc(O)cc(-n2cc(-c3cccc4c(=O)cc(N5CCOCC5)[nH]c34)nn2)c1. The van der Waals surface area contributed by atoms with E-state index in [0.717, 1.165) is 24.5 Å². The molecule has 1 aliphatic heterocycles. The number of ether oxygens (including phenoxy) is 2. The summed E-state index contributed by atoms with van der Waals surface area (Å²) >= 11 is 0. The molecular weight excluding hydrogens is 398 g/mol. The highest BCUT2D eigenvalue weighted by Gasteiger charge is 2.16. The average Bonchev–Trinajstić information content (AvgIpc) is 3.29. The summed E-state index contributed by atoms with van der Waals surface area (Å²) in [6.07, 6.45) is 1.75. The second kappa shape index (κ2) is 7.77. The van der Waals surface area contributed by atoms with E-state index < -0.39 is 0 Å². The van der Waals surface area contributed by atoms with Gasteiger partial charge in [-0.3, -0.25) is 4.79 Å². The van der Waals surface area contributed by atoms with Gasteiger partial charge in [0.2, 0.25) is 0 Å². The Bertz CT molecular complexity index is 1310. The molecule has 0 radical (unpaired) electrons. The molecule has 4 aromatic rings. The number of phenols is 1. The number of nitrogens with one attached hydrogen (secondary N) is 1. The van der Waals surface area contributed by atoms with Crippen molar-refractivity contribution in [3.63, 3.8) is 0 Å². The quantitative estimate of drug-likeness (QED) is 0.523. The van der Waals surface area contributed by atoms with Gasteiger partial charge in [0.05, 0.1) is 37.7 Å². The number of morpholine rings is 1. The van der Waals surface area contributed by atoms with E-state index >= 15 is 0 Å². The highest BCUT2D eigenvalue weighted by molar-refractivity contribution is 5.93. The van der Waals surface area contributed by atoms with E-state index in [1.807, 2.05) is 12.1 Å². The van der Waals surface area contributed by atoms with Crippen LogP contribution in [0, 0.1) is 0 Å². The van der Waals surface area contributed by atoms with Crippen molar-refractivity contribution >= 4 is 16.7 Å². The van der Waals surface area contributed by atoms with Gasteiger partial charge in [0.15, 0.2) is 5.43 Å². The highest BCUT2D eigenvalue weighted by Crippen LogP contribution is 2.28. The molecule has 2 N–H and O–H groups in total. The van der Waals surface area contributed by atoms with Crippen molar-refractivity contribution < 1.29 is 14.6 Å². The smallest absolute Gasteiger partial charge is 0.191 e. The van der Waals surface area contributed by atoms with E-state index in [9.17, 15) is 9.90 Å². The molecule has 0 spiro atoms. The van der Waals surface area contributed by atoms with E-state index in [-0.39, 0.29) is 11.2 Å². The summed E-state index contributed by atoms with van der Waals surface area (Å²) in [5, 5.41) is 19.0. The summed E-state index contributed by atoms with van der Waals surface area (Å²) in [6, 6.07) is 12.0. The normalized spacial score (nSPS) is 14.2. The van der Waals surface area contributed by atoms with Crippen molar-refractivity contribution in [3.8, 4) is 28.4 Å². The minimum atomic E-state index is -0.0535. The number of H-pyrrole nitrogens is 1. The molecular formula is C22H21N5O4. The number of para-hydroxylation sites is 1.